The molecule has 0 spiro atoms. The van der Waals surface area contributed by atoms with E-state index in [1.165, 1.54) is 32.2 Å². The van der Waals surface area contributed by atoms with Gasteiger partial charge in [0.05, 0.1) is 34.6 Å². The number of sulfonamides is 1. The van der Waals surface area contributed by atoms with Crippen LogP contribution in [0.5, 0.6) is 0 Å². The van der Waals surface area contributed by atoms with E-state index < -0.39 is 46.7 Å². The average molecular weight is 613 g/mol. The Balaban J connectivity index is 1.75. The number of fused-ring (bicyclic) bond motifs is 1. The molecule has 0 fully saturated rings. The number of aliphatic hydroxyl groups excluding tert-OH is 1. The van der Waals surface area contributed by atoms with Crippen molar-refractivity contribution in [2.24, 2.45) is 5.41 Å². The van der Waals surface area contributed by atoms with Gasteiger partial charge in [-0.05, 0) is 31.7 Å². The normalized spacial score (nSPS) is 13.5. The van der Waals surface area contributed by atoms with Crippen molar-refractivity contribution < 1.29 is 40.6 Å². The highest BCUT2D eigenvalue weighted by Gasteiger charge is 2.41. The summed E-state index contributed by atoms with van der Waals surface area (Å²) in [6.07, 6.45) is -5.12. The van der Waals surface area contributed by atoms with E-state index in [0.717, 1.165) is 11.3 Å². The largest absolute Gasteiger partial charge is 0.469 e. The number of nitrogens with one attached hydrogen (secondary N) is 1. The molecule has 1 unspecified atom stereocenters. The van der Waals surface area contributed by atoms with Crippen molar-refractivity contribution in [1.29, 1.82) is 0 Å². The number of ether oxygens (including phenoxy) is 1. The molecule has 0 aliphatic carbocycles. The Labute approximate surface area is 237 Å². The summed E-state index contributed by atoms with van der Waals surface area (Å²) in [5.41, 5.74) is -0.168. The van der Waals surface area contributed by atoms with Gasteiger partial charge in [0.2, 0.25) is 15.9 Å². The first-order valence-electron chi connectivity index (χ1n) is 12.3. The SMILES string of the molecule is CCC(NS(=O)(=O)c1ccc(-c2sc(-c3nnc(CC(C)(C)C(=O)OC)o3)nc2CO)c2ccccc12)C(F)(F)F. The third-order valence-corrected chi connectivity index (χ3v) is 9.00. The Morgan fingerprint density at radius 3 is 2.44 bits per heavy atom. The molecule has 220 valence electrons. The van der Waals surface area contributed by atoms with E-state index >= 15 is 0 Å². The molecule has 4 aromatic rings. The monoisotopic (exact) mass is 612 g/mol. The zero-order valence-corrected chi connectivity index (χ0v) is 24.1. The number of thiazole rings is 1. The number of carbonyl (C=O) groups is 1. The smallest absolute Gasteiger partial charge is 0.404 e. The lowest BCUT2D eigenvalue weighted by Gasteiger charge is -2.21. The predicted molar refractivity (Wildman–Crippen MR) is 144 cm³/mol. The molecule has 1 atom stereocenters. The molecule has 15 heteroatoms. The number of halogens is 3. The van der Waals surface area contributed by atoms with Gasteiger partial charge < -0.3 is 14.3 Å². The van der Waals surface area contributed by atoms with Crippen molar-refractivity contribution in [1.82, 2.24) is 19.9 Å². The highest BCUT2D eigenvalue weighted by molar-refractivity contribution is 7.89. The van der Waals surface area contributed by atoms with Crippen molar-refractivity contribution in [3.8, 4) is 21.3 Å². The first kappa shape index (κ1) is 30.6. The molecule has 2 aromatic carbocycles. The van der Waals surface area contributed by atoms with Gasteiger partial charge in [0.25, 0.3) is 5.89 Å². The fourth-order valence-corrected chi connectivity index (χ4v) is 6.79. The van der Waals surface area contributed by atoms with E-state index in [1.54, 1.807) is 36.8 Å². The molecule has 4 rings (SSSR count). The van der Waals surface area contributed by atoms with Crippen LogP contribution in [-0.2, 0) is 32.6 Å². The van der Waals surface area contributed by atoms with Crippen LogP contribution in [0.25, 0.3) is 32.1 Å². The third-order valence-electron chi connectivity index (χ3n) is 6.35. The van der Waals surface area contributed by atoms with Gasteiger partial charge in [-0.15, -0.1) is 21.5 Å². The van der Waals surface area contributed by atoms with Crippen molar-refractivity contribution in [3.05, 3.63) is 48.0 Å². The lowest BCUT2D eigenvalue weighted by atomic mass is 9.89. The number of nitrogens with zero attached hydrogens (tertiary/aromatic N) is 3. The van der Waals surface area contributed by atoms with Crippen LogP contribution in [0.15, 0.2) is 45.7 Å². The number of aromatic nitrogens is 3. The fraction of sp³-hybridized carbons (Fsp3) is 0.385. The highest BCUT2D eigenvalue weighted by Crippen LogP contribution is 2.40. The second-order valence-electron chi connectivity index (χ2n) is 9.79. The van der Waals surface area contributed by atoms with Gasteiger partial charge in [-0.1, -0.05) is 37.3 Å². The number of hydrogen-bond acceptors (Lipinski definition) is 10. The Hall–Kier alpha value is -3.40. The lowest BCUT2D eigenvalue weighted by Crippen LogP contribution is -2.44. The third kappa shape index (κ3) is 6.27. The molecule has 10 nitrogen and oxygen atoms in total. The molecule has 0 aliphatic heterocycles. The number of esters is 1. The van der Waals surface area contributed by atoms with Crippen LogP contribution in [0.4, 0.5) is 13.2 Å². The molecule has 2 heterocycles. The fourth-order valence-electron chi connectivity index (χ4n) is 4.23. The topological polar surface area (TPSA) is 145 Å². The molecule has 41 heavy (non-hydrogen) atoms. The molecular weight excluding hydrogens is 585 g/mol. The van der Waals surface area contributed by atoms with E-state index in [4.69, 9.17) is 9.15 Å². The highest BCUT2D eigenvalue weighted by atomic mass is 32.2. The van der Waals surface area contributed by atoms with Crippen LogP contribution in [0.2, 0.25) is 0 Å². The van der Waals surface area contributed by atoms with E-state index in [1.807, 2.05) is 0 Å². The quantitative estimate of drug-likeness (QED) is 0.240. The number of benzene rings is 2. The average Bonchev–Trinajstić information content (AvgIpc) is 3.56. The van der Waals surface area contributed by atoms with Crippen LogP contribution in [0.1, 0.15) is 38.8 Å². The zero-order valence-electron chi connectivity index (χ0n) is 22.4. The van der Waals surface area contributed by atoms with Gasteiger partial charge in [-0.25, -0.2) is 13.4 Å². The molecular formula is C26H27F3N4O6S2. The van der Waals surface area contributed by atoms with Gasteiger partial charge in [0, 0.05) is 17.4 Å². The first-order chi connectivity index (χ1) is 19.2. The summed E-state index contributed by atoms with van der Waals surface area (Å²) in [4.78, 5) is 16.6. The molecule has 2 aromatic heterocycles. The standard InChI is InChI=1S/C26H27F3N4O6S2/c1-5-19(26(27,28)29)33-41(36,37)18-11-10-16(14-8-6-7-9-15(14)18)21-17(13-34)30-23(40-21)22-32-31-20(39-22)12-25(2,3)24(35)38-4/h6-11,19,33-34H,5,12-13H2,1-4H3. The van der Waals surface area contributed by atoms with Crippen molar-refractivity contribution in [3.63, 3.8) is 0 Å². The van der Waals surface area contributed by atoms with E-state index in [-0.39, 0.29) is 39.2 Å². The molecule has 0 bridgehead atoms. The number of rotatable bonds is 10. The van der Waals surface area contributed by atoms with Crippen LogP contribution >= 0.6 is 11.3 Å². The Kier molecular flexibility index (Phi) is 8.55. The van der Waals surface area contributed by atoms with Crippen molar-refractivity contribution >= 4 is 38.1 Å². The van der Waals surface area contributed by atoms with Gasteiger partial charge in [-0.3, -0.25) is 4.79 Å². The van der Waals surface area contributed by atoms with Crippen LogP contribution < -0.4 is 4.72 Å². The molecule has 0 aliphatic rings. The van der Waals surface area contributed by atoms with Gasteiger partial charge in [0.15, 0.2) is 5.01 Å². The van der Waals surface area contributed by atoms with Crippen LogP contribution in [-0.4, -0.2) is 54.0 Å². The van der Waals surface area contributed by atoms with Gasteiger partial charge in [-0.2, -0.15) is 17.9 Å². The molecule has 0 saturated carbocycles. The molecule has 0 saturated heterocycles. The number of aliphatic hydroxyl groups is 1. The predicted octanol–water partition coefficient (Wildman–Crippen LogP) is 4.87. The molecule has 0 amide bonds. The summed E-state index contributed by atoms with van der Waals surface area (Å²) in [5.74, 6) is -0.223. The summed E-state index contributed by atoms with van der Waals surface area (Å²) >= 11 is 1.11. The Bertz CT molecular complexity index is 1680. The molecule has 0 radical (unpaired) electrons. The maximum Gasteiger partial charge on any atom is 0.404 e. The summed E-state index contributed by atoms with van der Waals surface area (Å²) in [7, 11) is -3.27. The second-order valence-corrected chi connectivity index (χ2v) is 12.5. The number of hydrogen-bond donors (Lipinski definition) is 2. The maximum absolute atomic E-state index is 13.3. The summed E-state index contributed by atoms with van der Waals surface area (Å²) in [6.45, 7) is 4.11. The number of carbonyl (C=O) groups excluding carboxylic acids is 1. The lowest BCUT2D eigenvalue weighted by molar-refractivity contribution is -0.152. The number of alkyl halides is 3. The summed E-state index contributed by atoms with van der Waals surface area (Å²) in [5, 5.41) is 19.0. The van der Waals surface area contributed by atoms with E-state index in [9.17, 15) is 31.5 Å². The van der Waals surface area contributed by atoms with Gasteiger partial charge in [0.1, 0.15) is 6.04 Å². The zero-order chi connectivity index (χ0) is 30.2. The Morgan fingerprint density at radius 1 is 1.15 bits per heavy atom. The summed E-state index contributed by atoms with van der Waals surface area (Å²) < 4.78 is 78.4. The minimum atomic E-state index is -4.75. The minimum absolute atomic E-state index is 0.0528. The van der Waals surface area contributed by atoms with Gasteiger partial charge >= 0.3 is 12.1 Å². The minimum Gasteiger partial charge on any atom is -0.469 e. The van der Waals surface area contributed by atoms with Crippen LogP contribution in [0, 0.1) is 5.41 Å². The van der Waals surface area contributed by atoms with Crippen molar-refractivity contribution in [2.45, 2.75) is 57.3 Å². The van der Waals surface area contributed by atoms with E-state index in [0.29, 0.717) is 15.8 Å². The van der Waals surface area contributed by atoms with Crippen LogP contribution in [0.3, 0.4) is 0 Å². The molecule has 2 N–H and O–H groups in total. The van der Waals surface area contributed by atoms with E-state index in [2.05, 4.69) is 15.2 Å². The summed E-state index contributed by atoms with van der Waals surface area (Å²) in [6, 6.07) is 6.80. The maximum atomic E-state index is 13.3. The van der Waals surface area contributed by atoms with Crippen molar-refractivity contribution in [2.75, 3.05) is 7.11 Å². The first-order valence-corrected chi connectivity index (χ1v) is 14.6. The second kappa shape index (κ2) is 11.5. The Morgan fingerprint density at radius 2 is 1.83 bits per heavy atom. The number of methoxy groups -OCH3 is 1.